The quantitative estimate of drug-likeness (QED) is 0.740. The summed E-state index contributed by atoms with van der Waals surface area (Å²) in [5.41, 5.74) is 0.602. The minimum atomic E-state index is -0.388. The van der Waals surface area contributed by atoms with E-state index in [1.54, 1.807) is 0 Å². The number of likely N-dealkylation sites (tertiary alicyclic amines) is 1. The van der Waals surface area contributed by atoms with Gasteiger partial charge in [0.15, 0.2) is 0 Å². The molecule has 2 heterocycles. The maximum Gasteiger partial charge on any atom is 0.225 e. The Morgan fingerprint density at radius 3 is 2.57 bits per heavy atom. The lowest BCUT2D eigenvalue weighted by Gasteiger charge is -2.40. The molecule has 0 spiro atoms. The number of pyridine rings is 1. The van der Waals surface area contributed by atoms with E-state index < -0.39 is 0 Å². The molecule has 0 aromatic carbocycles. The number of nitrogens with zero attached hydrogens (tertiary/aromatic N) is 2. The molecule has 1 aromatic rings. The van der Waals surface area contributed by atoms with E-state index >= 15 is 0 Å². The third kappa shape index (κ3) is 6.04. The van der Waals surface area contributed by atoms with Crippen molar-refractivity contribution in [3.63, 3.8) is 0 Å². The van der Waals surface area contributed by atoms with E-state index in [2.05, 4.69) is 21.3 Å². The number of nitrogens with one attached hydrogen (secondary N) is 1. The van der Waals surface area contributed by atoms with E-state index in [1.807, 2.05) is 39.1 Å². The van der Waals surface area contributed by atoms with E-state index in [4.69, 9.17) is 0 Å². The second-order valence-electron chi connectivity index (χ2n) is 9.91. The van der Waals surface area contributed by atoms with Gasteiger partial charge < -0.3 is 10.2 Å². The molecule has 156 valence electrons. The number of carbonyl (C=O) groups is 1. The normalized spacial score (nSPS) is 23.3. The molecule has 0 bridgehead atoms. The molecule has 1 saturated heterocycles. The monoisotopic (exact) mass is 385 g/mol. The molecule has 4 heteroatoms. The first-order chi connectivity index (χ1) is 13.4. The summed E-state index contributed by atoms with van der Waals surface area (Å²) in [6, 6.07) is 6.57. The molecular formula is C24H39N3O. The lowest BCUT2D eigenvalue weighted by molar-refractivity contribution is -0.129. The maximum atomic E-state index is 12.7. The summed E-state index contributed by atoms with van der Waals surface area (Å²) in [7, 11) is 0. The predicted octanol–water partition coefficient (Wildman–Crippen LogP) is 5.11. The molecule has 1 amide bonds. The highest BCUT2D eigenvalue weighted by atomic mass is 16.2. The van der Waals surface area contributed by atoms with Crippen LogP contribution in [0.15, 0.2) is 24.4 Å². The van der Waals surface area contributed by atoms with Gasteiger partial charge in [0.2, 0.25) is 5.91 Å². The summed E-state index contributed by atoms with van der Waals surface area (Å²) >= 11 is 0. The Bertz CT molecular complexity index is 604. The van der Waals surface area contributed by atoms with Crippen LogP contribution in [0.3, 0.4) is 0 Å². The van der Waals surface area contributed by atoms with Crippen LogP contribution >= 0.6 is 0 Å². The van der Waals surface area contributed by atoms with Crippen molar-refractivity contribution in [1.29, 1.82) is 0 Å². The summed E-state index contributed by atoms with van der Waals surface area (Å²) < 4.78 is 0. The van der Waals surface area contributed by atoms with Crippen molar-refractivity contribution in [2.24, 2.45) is 11.3 Å². The molecular weight excluding hydrogens is 346 g/mol. The Hall–Kier alpha value is -1.42. The number of carbonyl (C=O) groups excluding carboxylic acids is 1. The van der Waals surface area contributed by atoms with E-state index in [9.17, 15) is 4.79 Å². The van der Waals surface area contributed by atoms with E-state index in [0.29, 0.717) is 6.04 Å². The van der Waals surface area contributed by atoms with Gasteiger partial charge >= 0.3 is 0 Å². The fraction of sp³-hybridized carbons (Fsp3) is 0.750. The lowest BCUT2D eigenvalue weighted by Crippen LogP contribution is -2.46. The summed E-state index contributed by atoms with van der Waals surface area (Å²) in [5.74, 6) is 0.976. The largest absolute Gasteiger partial charge is 0.347 e. The van der Waals surface area contributed by atoms with Gasteiger partial charge in [0.05, 0.1) is 11.7 Å². The average Bonchev–Trinajstić information content (AvgIpc) is 2.69. The highest BCUT2D eigenvalue weighted by molar-refractivity contribution is 5.81. The minimum absolute atomic E-state index is 0.00937. The third-order valence-corrected chi connectivity index (χ3v) is 6.51. The molecule has 0 radical (unpaired) electrons. The van der Waals surface area contributed by atoms with Gasteiger partial charge in [-0.15, -0.1) is 0 Å². The van der Waals surface area contributed by atoms with Crippen LogP contribution in [0.25, 0.3) is 0 Å². The Labute approximate surface area is 171 Å². The molecule has 1 aliphatic heterocycles. The zero-order valence-corrected chi connectivity index (χ0v) is 18.1. The molecule has 28 heavy (non-hydrogen) atoms. The number of amides is 1. The summed E-state index contributed by atoms with van der Waals surface area (Å²) in [5, 5.41) is 3.32. The molecule has 1 aromatic heterocycles. The van der Waals surface area contributed by atoms with Crippen molar-refractivity contribution in [2.45, 2.75) is 90.6 Å². The molecule has 1 N–H and O–H groups in total. The SMILES string of the molecule is CC(C)(C)C(=O)N[C@@H](C[C@H]1CCCCN1CC1CCCCC1)c1ccccn1. The number of hydrogen-bond donors (Lipinski definition) is 1. The van der Waals surface area contributed by atoms with Crippen LogP contribution in [0, 0.1) is 11.3 Å². The van der Waals surface area contributed by atoms with Gasteiger partial charge in [-0.1, -0.05) is 52.5 Å². The molecule has 0 unspecified atom stereocenters. The van der Waals surface area contributed by atoms with Crippen molar-refractivity contribution in [3.05, 3.63) is 30.1 Å². The standard InChI is InChI=1S/C24H39N3O/c1-24(2,3)23(28)26-22(21-14-7-9-15-25-21)17-20-13-8-10-16-27(20)18-19-11-5-4-6-12-19/h7,9,14-15,19-20,22H,4-6,8,10-13,16-18H2,1-3H3,(H,26,28)/t20-,22+/m1/s1. The Morgan fingerprint density at radius 2 is 1.89 bits per heavy atom. The van der Waals surface area contributed by atoms with Gasteiger partial charge in [0, 0.05) is 24.2 Å². The fourth-order valence-corrected chi connectivity index (χ4v) is 4.75. The summed E-state index contributed by atoms with van der Waals surface area (Å²) in [6.45, 7) is 8.39. The Balaban J connectivity index is 1.70. The number of hydrogen-bond acceptors (Lipinski definition) is 3. The first-order valence-electron chi connectivity index (χ1n) is 11.4. The number of aromatic nitrogens is 1. The summed E-state index contributed by atoms with van der Waals surface area (Å²) in [4.78, 5) is 20.1. The van der Waals surface area contributed by atoms with Gasteiger partial charge in [0.25, 0.3) is 0 Å². The van der Waals surface area contributed by atoms with Crippen LogP contribution < -0.4 is 5.32 Å². The Morgan fingerprint density at radius 1 is 1.14 bits per heavy atom. The fourth-order valence-electron chi connectivity index (χ4n) is 4.75. The first kappa shape index (κ1) is 21.3. The Kier molecular flexibility index (Phi) is 7.50. The van der Waals surface area contributed by atoms with Gasteiger partial charge in [-0.2, -0.15) is 0 Å². The van der Waals surface area contributed by atoms with Gasteiger partial charge in [-0.25, -0.2) is 0 Å². The van der Waals surface area contributed by atoms with Crippen LogP contribution in [-0.2, 0) is 4.79 Å². The first-order valence-corrected chi connectivity index (χ1v) is 11.4. The van der Waals surface area contributed by atoms with Crippen LogP contribution in [0.2, 0.25) is 0 Å². The van der Waals surface area contributed by atoms with E-state index in [1.165, 1.54) is 64.5 Å². The van der Waals surface area contributed by atoms with Gasteiger partial charge in [0.1, 0.15) is 0 Å². The van der Waals surface area contributed by atoms with Crippen molar-refractivity contribution >= 4 is 5.91 Å². The molecule has 1 saturated carbocycles. The van der Waals surface area contributed by atoms with Crippen molar-refractivity contribution in [3.8, 4) is 0 Å². The average molecular weight is 386 g/mol. The van der Waals surface area contributed by atoms with Crippen LogP contribution in [0.5, 0.6) is 0 Å². The lowest BCUT2D eigenvalue weighted by atomic mass is 9.86. The van der Waals surface area contributed by atoms with Gasteiger partial charge in [-0.3, -0.25) is 9.78 Å². The predicted molar refractivity (Wildman–Crippen MR) is 115 cm³/mol. The van der Waals surface area contributed by atoms with Crippen molar-refractivity contribution < 1.29 is 4.79 Å². The van der Waals surface area contributed by atoms with Gasteiger partial charge in [-0.05, 0) is 56.7 Å². The van der Waals surface area contributed by atoms with E-state index in [0.717, 1.165) is 18.0 Å². The second kappa shape index (κ2) is 9.87. The summed E-state index contributed by atoms with van der Waals surface area (Å²) in [6.07, 6.45) is 13.7. The highest BCUT2D eigenvalue weighted by Gasteiger charge is 2.31. The van der Waals surface area contributed by atoms with Crippen LogP contribution in [0.4, 0.5) is 0 Å². The maximum absolute atomic E-state index is 12.7. The smallest absolute Gasteiger partial charge is 0.225 e. The number of piperidine rings is 1. The third-order valence-electron chi connectivity index (χ3n) is 6.51. The second-order valence-corrected chi connectivity index (χ2v) is 9.91. The molecule has 2 fully saturated rings. The highest BCUT2D eigenvalue weighted by Crippen LogP contribution is 2.31. The molecule has 3 rings (SSSR count). The van der Waals surface area contributed by atoms with Crippen molar-refractivity contribution in [1.82, 2.24) is 15.2 Å². The topological polar surface area (TPSA) is 45.2 Å². The molecule has 1 aliphatic carbocycles. The van der Waals surface area contributed by atoms with Crippen LogP contribution in [0.1, 0.15) is 90.3 Å². The molecule has 2 atom stereocenters. The molecule has 2 aliphatic rings. The van der Waals surface area contributed by atoms with Crippen LogP contribution in [-0.4, -0.2) is 34.9 Å². The van der Waals surface area contributed by atoms with E-state index in [-0.39, 0.29) is 17.4 Å². The zero-order chi connectivity index (χ0) is 20.0. The zero-order valence-electron chi connectivity index (χ0n) is 18.1. The van der Waals surface area contributed by atoms with Crippen molar-refractivity contribution in [2.75, 3.05) is 13.1 Å². The number of rotatable bonds is 6. The molecule has 4 nitrogen and oxygen atoms in total. The minimum Gasteiger partial charge on any atom is -0.347 e.